The molecule has 4 nitrogen and oxygen atoms in total. The van der Waals surface area contributed by atoms with E-state index in [1.54, 1.807) is 0 Å². The van der Waals surface area contributed by atoms with Crippen LogP contribution in [-0.4, -0.2) is 60.0 Å². The second kappa shape index (κ2) is 8.72. The molecule has 3 rings (SSSR count). The van der Waals surface area contributed by atoms with Crippen LogP contribution < -0.4 is 0 Å². The first-order chi connectivity index (χ1) is 11.7. The maximum atomic E-state index is 4.23. The molecule has 1 fully saturated rings. The summed E-state index contributed by atoms with van der Waals surface area (Å²) in [6, 6.07) is 6.58. The zero-order valence-electron chi connectivity index (χ0n) is 14.8. The van der Waals surface area contributed by atoms with E-state index in [0.717, 1.165) is 32.7 Å². The Bertz CT molecular complexity index is 611. The minimum atomic E-state index is 1.02. The van der Waals surface area contributed by atoms with E-state index in [1.807, 2.05) is 29.8 Å². The third-order valence-electron chi connectivity index (χ3n) is 4.40. The van der Waals surface area contributed by atoms with Crippen molar-refractivity contribution in [3.05, 3.63) is 52.0 Å². The van der Waals surface area contributed by atoms with Gasteiger partial charge in [0.05, 0.1) is 0 Å². The zero-order chi connectivity index (χ0) is 16.8. The second-order valence-corrected chi connectivity index (χ2v) is 7.92. The average Bonchev–Trinajstić information content (AvgIpc) is 2.87. The molecule has 3 heterocycles. The van der Waals surface area contributed by atoms with Crippen molar-refractivity contribution in [2.24, 2.45) is 0 Å². The summed E-state index contributed by atoms with van der Waals surface area (Å²) >= 11 is 1.91. The minimum absolute atomic E-state index is 1.02. The van der Waals surface area contributed by atoms with Crippen molar-refractivity contribution < 1.29 is 0 Å². The molecule has 0 aromatic carbocycles. The lowest BCUT2D eigenvalue weighted by atomic mass is 10.2. The van der Waals surface area contributed by atoms with E-state index in [2.05, 4.69) is 51.3 Å². The van der Waals surface area contributed by atoms with Gasteiger partial charge in [-0.25, -0.2) is 0 Å². The van der Waals surface area contributed by atoms with Crippen LogP contribution in [0.2, 0.25) is 0 Å². The summed E-state index contributed by atoms with van der Waals surface area (Å²) in [6.07, 6.45) is 5.08. The summed E-state index contributed by atoms with van der Waals surface area (Å²) in [5, 5.41) is 2.31. The van der Waals surface area contributed by atoms with Crippen LogP contribution in [0.15, 0.2) is 36.0 Å². The van der Waals surface area contributed by atoms with Crippen LogP contribution in [-0.2, 0) is 19.6 Å². The van der Waals surface area contributed by atoms with Crippen molar-refractivity contribution in [1.82, 2.24) is 19.7 Å². The molecule has 2 aromatic rings. The van der Waals surface area contributed by atoms with Crippen molar-refractivity contribution in [3.63, 3.8) is 0 Å². The first-order valence-electron chi connectivity index (χ1n) is 8.73. The smallest absolute Gasteiger partial charge is 0.0328 e. The molecule has 0 aliphatic carbocycles. The normalized spacial score (nSPS) is 17.3. The quantitative estimate of drug-likeness (QED) is 0.803. The number of hydrogen-bond donors (Lipinski definition) is 0. The number of thiophene rings is 1. The molecule has 5 heteroatoms. The summed E-state index contributed by atoms with van der Waals surface area (Å²) in [5.41, 5.74) is 2.76. The van der Waals surface area contributed by atoms with Gasteiger partial charge in [-0.15, -0.1) is 11.3 Å². The lowest BCUT2D eigenvalue weighted by Crippen LogP contribution is -2.30. The first kappa shape index (κ1) is 17.5. The van der Waals surface area contributed by atoms with Crippen LogP contribution >= 0.6 is 11.3 Å². The molecule has 2 aromatic heterocycles. The molecule has 0 radical (unpaired) electrons. The summed E-state index contributed by atoms with van der Waals surface area (Å²) in [7, 11) is 4.26. The summed E-state index contributed by atoms with van der Waals surface area (Å²) < 4.78 is 0. The van der Waals surface area contributed by atoms with Crippen LogP contribution in [0.25, 0.3) is 0 Å². The molecule has 0 saturated carbocycles. The minimum Gasteiger partial charge on any atom is -0.305 e. The van der Waals surface area contributed by atoms with Crippen LogP contribution in [0.3, 0.4) is 0 Å². The molecule has 24 heavy (non-hydrogen) atoms. The molecule has 0 atom stereocenters. The second-order valence-electron chi connectivity index (χ2n) is 6.93. The maximum Gasteiger partial charge on any atom is 0.0328 e. The Hall–Kier alpha value is -1.27. The highest BCUT2D eigenvalue weighted by atomic mass is 32.1. The van der Waals surface area contributed by atoms with Gasteiger partial charge in [-0.2, -0.15) is 0 Å². The van der Waals surface area contributed by atoms with Crippen LogP contribution in [0.1, 0.15) is 22.4 Å². The predicted octanol–water partition coefficient (Wildman–Crippen LogP) is 2.91. The molecular weight excluding hydrogens is 316 g/mol. The molecule has 0 bridgehead atoms. The van der Waals surface area contributed by atoms with Crippen molar-refractivity contribution in [1.29, 1.82) is 0 Å². The predicted molar refractivity (Wildman–Crippen MR) is 101 cm³/mol. The van der Waals surface area contributed by atoms with Gasteiger partial charge in [-0.3, -0.25) is 14.8 Å². The number of hydrogen-bond acceptors (Lipinski definition) is 5. The monoisotopic (exact) mass is 344 g/mol. The van der Waals surface area contributed by atoms with Crippen molar-refractivity contribution in [2.45, 2.75) is 26.1 Å². The molecule has 1 aliphatic heterocycles. The molecule has 130 valence electrons. The van der Waals surface area contributed by atoms with Gasteiger partial charge in [0, 0.05) is 50.0 Å². The van der Waals surface area contributed by atoms with Gasteiger partial charge in [0.15, 0.2) is 0 Å². The van der Waals surface area contributed by atoms with Crippen molar-refractivity contribution in [3.8, 4) is 0 Å². The van der Waals surface area contributed by atoms with Crippen molar-refractivity contribution in [2.75, 3.05) is 40.3 Å². The van der Waals surface area contributed by atoms with Gasteiger partial charge in [0.25, 0.3) is 0 Å². The van der Waals surface area contributed by atoms with E-state index in [0.29, 0.717) is 0 Å². The number of pyridine rings is 1. The molecule has 1 saturated heterocycles. The average molecular weight is 345 g/mol. The van der Waals surface area contributed by atoms with E-state index >= 15 is 0 Å². The largest absolute Gasteiger partial charge is 0.305 e. The molecule has 0 amide bonds. The lowest BCUT2D eigenvalue weighted by Gasteiger charge is -2.21. The van der Waals surface area contributed by atoms with Crippen molar-refractivity contribution >= 4 is 11.3 Å². The van der Waals surface area contributed by atoms with Gasteiger partial charge < -0.3 is 4.90 Å². The first-order valence-corrected chi connectivity index (χ1v) is 9.61. The molecular formula is C19H28N4S. The van der Waals surface area contributed by atoms with E-state index in [9.17, 15) is 0 Å². The molecule has 0 spiro atoms. The Morgan fingerprint density at radius 2 is 1.88 bits per heavy atom. The van der Waals surface area contributed by atoms with E-state index < -0.39 is 0 Å². The SMILES string of the molecule is CN(C)Cc1csc(CN2CCCN(Cc3cccnc3)CC2)c1. The van der Waals surface area contributed by atoms with E-state index in [-0.39, 0.29) is 0 Å². The maximum absolute atomic E-state index is 4.23. The fraction of sp³-hybridized carbons (Fsp3) is 0.526. The Morgan fingerprint density at radius 3 is 2.58 bits per heavy atom. The van der Waals surface area contributed by atoms with E-state index in [1.165, 1.54) is 35.5 Å². The summed E-state index contributed by atoms with van der Waals surface area (Å²) in [5.74, 6) is 0. The topological polar surface area (TPSA) is 22.6 Å². The fourth-order valence-corrected chi connectivity index (χ4v) is 4.19. The highest BCUT2D eigenvalue weighted by molar-refractivity contribution is 7.10. The van der Waals surface area contributed by atoms with Crippen LogP contribution in [0.5, 0.6) is 0 Å². The van der Waals surface area contributed by atoms with E-state index in [4.69, 9.17) is 0 Å². The fourth-order valence-electron chi connectivity index (χ4n) is 3.27. The Labute approximate surface area is 149 Å². The standard InChI is InChI=1S/C19H28N4S/c1-21(2)13-18-11-19(24-16-18)15-23-8-4-7-22(9-10-23)14-17-5-3-6-20-12-17/h3,5-6,11-12,16H,4,7-10,13-15H2,1-2H3. The Balaban J connectivity index is 1.49. The Kier molecular flexibility index (Phi) is 6.37. The number of aromatic nitrogens is 1. The number of nitrogens with zero attached hydrogens (tertiary/aromatic N) is 4. The molecule has 1 aliphatic rings. The summed E-state index contributed by atoms with van der Waals surface area (Å²) in [6.45, 7) is 7.83. The Morgan fingerprint density at radius 1 is 1.08 bits per heavy atom. The van der Waals surface area contributed by atoms with Crippen LogP contribution in [0.4, 0.5) is 0 Å². The lowest BCUT2D eigenvalue weighted by molar-refractivity contribution is 0.248. The molecule has 0 N–H and O–H groups in total. The van der Waals surface area contributed by atoms with Gasteiger partial charge in [-0.1, -0.05) is 6.07 Å². The molecule has 0 unspecified atom stereocenters. The third-order valence-corrected chi connectivity index (χ3v) is 5.37. The highest BCUT2D eigenvalue weighted by Gasteiger charge is 2.16. The summed E-state index contributed by atoms with van der Waals surface area (Å²) in [4.78, 5) is 13.1. The number of rotatable bonds is 6. The van der Waals surface area contributed by atoms with Gasteiger partial charge in [0.1, 0.15) is 0 Å². The zero-order valence-corrected chi connectivity index (χ0v) is 15.6. The highest BCUT2D eigenvalue weighted by Crippen LogP contribution is 2.19. The van der Waals surface area contributed by atoms with Gasteiger partial charge in [-0.05, 0) is 62.2 Å². The third kappa shape index (κ3) is 5.38. The van der Waals surface area contributed by atoms with Gasteiger partial charge in [0.2, 0.25) is 0 Å². The van der Waals surface area contributed by atoms with Crippen LogP contribution in [0, 0.1) is 0 Å². The van der Waals surface area contributed by atoms with Gasteiger partial charge >= 0.3 is 0 Å².